The number of pyridine rings is 1. The predicted molar refractivity (Wildman–Crippen MR) is 65.9 cm³/mol. The Morgan fingerprint density at radius 2 is 1.94 bits per heavy atom. The number of hydrogen-bond donors (Lipinski definition) is 1. The second kappa shape index (κ2) is 5.66. The van der Waals surface area contributed by atoms with Gasteiger partial charge in [-0.3, -0.25) is 0 Å². The average Bonchev–Trinajstić information content (AvgIpc) is 2.37. The maximum absolute atomic E-state index is 9.00. The van der Waals surface area contributed by atoms with E-state index in [0.29, 0.717) is 23.2 Å². The second-order valence-corrected chi connectivity index (χ2v) is 3.94. The van der Waals surface area contributed by atoms with Crippen molar-refractivity contribution in [2.24, 2.45) is 0 Å². The van der Waals surface area contributed by atoms with Gasteiger partial charge >= 0.3 is 0 Å². The molecule has 17 heavy (non-hydrogen) atoms. The zero-order valence-electron chi connectivity index (χ0n) is 9.14. The van der Waals surface area contributed by atoms with Gasteiger partial charge in [-0.15, -0.1) is 0 Å². The van der Waals surface area contributed by atoms with Gasteiger partial charge in [0.1, 0.15) is 17.5 Å². The quantitative estimate of drug-likeness (QED) is 0.848. The van der Waals surface area contributed by atoms with Crippen molar-refractivity contribution in [2.75, 3.05) is 0 Å². The van der Waals surface area contributed by atoms with Crippen molar-refractivity contribution in [3.63, 3.8) is 0 Å². The fourth-order valence-corrected chi connectivity index (χ4v) is 1.65. The second-order valence-electron chi connectivity index (χ2n) is 3.55. The van der Waals surface area contributed by atoms with E-state index in [2.05, 4.69) is 4.98 Å². The molecule has 0 unspecified atom stereocenters. The first-order chi connectivity index (χ1) is 8.28. The molecule has 0 bridgehead atoms. The van der Waals surface area contributed by atoms with Crippen LogP contribution in [0, 0.1) is 0 Å². The fourth-order valence-electron chi connectivity index (χ4n) is 1.43. The number of nitrogens with zero attached hydrogens (tertiary/aromatic N) is 1. The SMILES string of the molecule is OCc1cc(OCc2ccccc2)cc(Cl)n1. The van der Waals surface area contributed by atoms with E-state index in [1.54, 1.807) is 12.1 Å². The number of hydrogen-bond acceptors (Lipinski definition) is 3. The minimum Gasteiger partial charge on any atom is -0.489 e. The third kappa shape index (κ3) is 3.44. The van der Waals surface area contributed by atoms with Crippen LogP contribution < -0.4 is 4.74 Å². The first kappa shape index (κ1) is 11.9. The molecule has 1 aromatic heterocycles. The molecule has 1 heterocycles. The van der Waals surface area contributed by atoms with Crippen LogP contribution in [0.1, 0.15) is 11.3 Å². The smallest absolute Gasteiger partial charge is 0.133 e. The van der Waals surface area contributed by atoms with Gasteiger partial charge in [0.2, 0.25) is 0 Å². The molecule has 2 rings (SSSR count). The number of ether oxygens (including phenoxy) is 1. The van der Waals surface area contributed by atoms with Gasteiger partial charge in [-0.1, -0.05) is 41.9 Å². The van der Waals surface area contributed by atoms with Gasteiger partial charge in [-0.25, -0.2) is 4.98 Å². The van der Waals surface area contributed by atoms with Crippen LogP contribution in [0.15, 0.2) is 42.5 Å². The standard InChI is InChI=1S/C13H12ClNO2/c14-13-7-12(6-11(8-16)15-13)17-9-10-4-2-1-3-5-10/h1-7,16H,8-9H2. The number of benzene rings is 1. The molecule has 0 aliphatic carbocycles. The Kier molecular flexibility index (Phi) is 3.96. The van der Waals surface area contributed by atoms with Crippen LogP contribution in [0.4, 0.5) is 0 Å². The maximum atomic E-state index is 9.00. The summed E-state index contributed by atoms with van der Waals surface area (Å²) in [6.07, 6.45) is 0. The Labute approximate surface area is 105 Å². The molecule has 88 valence electrons. The highest BCUT2D eigenvalue weighted by Crippen LogP contribution is 2.19. The first-order valence-corrected chi connectivity index (χ1v) is 5.60. The lowest BCUT2D eigenvalue weighted by Crippen LogP contribution is -1.97. The summed E-state index contributed by atoms with van der Waals surface area (Å²) in [5.74, 6) is 0.609. The summed E-state index contributed by atoms with van der Waals surface area (Å²) in [6.45, 7) is 0.314. The van der Waals surface area contributed by atoms with E-state index < -0.39 is 0 Å². The molecule has 0 aliphatic rings. The molecule has 0 radical (unpaired) electrons. The molecular weight excluding hydrogens is 238 g/mol. The molecule has 0 atom stereocenters. The van der Waals surface area contributed by atoms with Gasteiger partial charge in [-0.2, -0.15) is 0 Å². The van der Waals surface area contributed by atoms with Crippen LogP contribution in [-0.2, 0) is 13.2 Å². The third-order valence-electron chi connectivity index (χ3n) is 2.23. The highest BCUT2D eigenvalue weighted by Gasteiger charge is 2.02. The molecule has 4 heteroatoms. The Balaban J connectivity index is 2.06. The molecule has 3 nitrogen and oxygen atoms in total. The highest BCUT2D eigenvalue weighted by atomic mass is 35.5. The molecule has 0 spiro atoms. The minimum atomic E-state index is -0.151. The van der Waals surface area contributed by atoms with Crippen molar-refractivity contribution in [3.05, 3.63) is 58.9 Å². The molecule has 0 aliphatic heterocycles. The third-order valence-corrected chi connectivity index (χ3v) is 2.42. The summed E-state index contributed by atoms with van der Waals surface area (Å²) in [4.78, 5) is 3.94. The number of aliphatic hydroxyl groups excluding tert-OH is 1. The van der Waals surface area contributed by atoms with Crippen molar-refractivity contribution in [2.45, 2.75) is 13.2 Å². The molecule has 2 aromatic rings. The van der Waals surface area contributed by atoms with Crippen LogP contribution in [0.2, 0.25) is 5.15 Å². The van der Waals surface area contributed by atoms with Crippen molar-refractivity contribution >= 4 is 11.6 Å². The topological polar surface area (TPSA) is 42.4 Å². The van der Waals surface area contributed by atoms with Crippen molar-refractivity contribution < 1.29 is 9.84 Å². The van der Waals surface area contributed by atoms with E-state index in [4.69, 9.17) is 21.4 Å². The van der Waals surface area contributed by atoms with Gasteiger partial charge in [0, 0.05) is 12.1 Å². The largest absolute Gasteiger partial charge is 0.489 e. The molecule has 0 saturated heterocycles. The van der Waals surface area contributed by atoms with Crippen molar-refractivity contribution in [3.8, 4) is 5.75 Å². The summed E-state index contributed by atoms with van der Waals surface area (Å²) in [7, 11) is 0. The Hall–Kier alpha value is -1.58. The summed E-state index contributed by atoms with van der Waals surface area (Å²) >= 11 is 5.81. The molecule has 0 saturated carbocycles. The monoisotopic (exact) mass is 249 g/mol. The lowest BCUT2D eigenvalue weighted by molar-refractivity contribution is 0.273. The summed E-state index contributed by atoms with van der Waals surface area (Å²) in [6, 6.07) is 13.1. The zero-order valence-corrected chi connectivity index (χ0v) is 9.89. The van der Waals surface area contributed by atoms with Crippen molar-refractivity contribution in [1.29, 1.82) is 0 Å². The highest BCUT2D eigenvalue weighted by molar-refractivity contribution is 6.29. The van der Waals surface area contributed by atoms with Crippen LogP contribution in [-0.4, -0.2) is 10.1 Å². The van der Waals surface area contributed by atoms with Gasteiger partial charge in [0.15, 0.2) is 0 Å². The summed E-state index contributed by atoms with van der Waals surface area (Å²) in [5.41, 5.74) is 1.58. The number of rotatable bonds is 4. The van der Waals surface area contributed by atoms with Crippen LogP contribution in [0.3, 0.4) is 0 Å². The Morgan fingerprint density at radius 1 is 1.18 bits per heavy atom. The summed E-state index contributed by atoms with van der Waals surface area (Å²) < 4.78 is 5.58. The zero-order chi connectivity index (χ0) is 12.1. The van der Waals surface area contributed by atoms with E-state index in [1.807, 2.05) is 30.3 Å². The van der Waals surface area contributed by atoms with Crippen molar-refractivity contribution in [1.82, 2.24) is 4.98 Å². The summed E-state index contributed by atoms with van der Waals surface area (Å²) in [5, 5.41) is 9.31. The number of aromatic nitrogens is 1. The van der Waals surface area contributed by atoms with Crippen LogP contribution >= 0.6 is 11.6 Å². The van der Waals surface area contributed by atoms with E-state index >= 15 is 0 Å². The van der Waals surface area contributed by atoms with E-state index in [-0.39, 0.29) is 6.61 Å². The van der Waals surface area contributed by atoms with Gasteiger partial charge < -0.3 is 9.84 Å². The minimum absolute atomic E-state index is 0.151. The average molecular weight is 250 g/mol. The first-order valence-electron chi connectivity index (χ1n) is 5.22. The normalized spacial score (nSPS) is 10.2. The fraction of sp³-hybridized carbons (Fsp3) is 0.154. The Bertz CT molecular complexity index is 488. The van der Waals surface area contributed by atoms with Gasteiger partial charge in [0.05, 0.1) is 12.3 Å². The molecule has 0 amide bonds. The van der Waals surface area contributed by atoms with E-state index in [9.17, 15) is 0 Å². The number of aliphatic hydroxyl groups is 1. The molecule has 1 aromatic carbocycles. The Morgan fingerprint density at radius 3 is 2.65 bits per heavy atom. The molecule has 1 N–H and O–H groups in total. The molecule has 0 fully saturated rings. The van der Waals surface area contributed by atoms with E-state index in [1.165, 1.54) is 0 Å². The number of halogens is 1. The lowest BCUT2D eigenvalue weighted by atomic mass is 10.2. The van der Waals surface area contributed by atoms with Crippen LogP contribution in [0.25, 0.3) is 0 Å². The molecular formula is C13H12ClNO2. The van der Waals surface area contributed by atoms with Crippen LogP contribution in [0.5, 0.6) is 5.75 Å². The lowest BCUT2D eigenvalue weighted by Gasteiger charge is -2.07. The van der Waals surface area contributed by atoms with E-state index in [0.717, 1.165) is 5.56 Å². The van der Waals surface area contributed by atoms with Gasteiger partial charge in [0.25, 0.3) is 0 Å². The van der Waals surface area contributed by atoms with Gasteiger partial charge in [-0.05, 0) is 5.56 Å². The maximum Gasteiger partial charge on any atom is 0.133 e. The predicted octanol–water partition coefficient (Wildman–Crippen LogP) is 2.81.